The maximum atomic E-state index is 13.6. The van der Waals surface area contributed by atoms with E-state index in [1.54, 1.807) is 85.9 Å². The zero-order valence-electron chi connectivity index (χ0n) is 38.8. The van der Waals surface area contributed by atoms with Gasteiger partial charge in [-0.25, -0.2) is 0 Å². The summed E-state index contributed by atoms with van der Waals surface area (Å²) in [6.07, 6.45) is 4.38. The molecular weight excluding hydrogens is 893 g/mol. The van der Waals surface area contributed by atoms with Crippen molar-refractivity contribution in [3.05, 3.63) is 85.1 Å². The number of cyclic esters (lactones) is 1. The van der Waals surface area contributed by atoms with Crippen molar-refractivity contribution in [1.82, 2.24) is 5.32 Å². The van der Waals surface area contributed by atoms with Crippen molar-refractivity contribution >= 4 is 11.9 Å². The van der Waals surface area contributed by atoms with Crippen molar-refractivity contribution in [3.63, 3.8) is 0 Å². The maximum Gasteiger partial charge on any atom is 0.308 e. The van der Waals surface area contributed by atoms with Crippen LogP contribution in [-0.4, -0.2) is 190 Å². The van der Waals surface area contributed by atoms with Crippen LogP contribution in [0.5, 0.6) is 0 Å². The van der Waals surface area contributed by atoms with Crippen LogP contribution < -0.4 is 11.1 Å². The fraction of sp³-hybridized carbons (Fsp3) is 0.667. The largest absolute Gasteiger partial charge is 0.462 e. The van der Waals surface area contributed by atoms with Crippen LogP contribution in [0.2, 0.25) is 0 Å². The molecular formula is C48H76N2O18. The first-order valence-corrected chi connectivity index (χ1v) is 23.2. The van der Waals surface area contributed by atoms with E-state index in [0.29, 0.717) is 0 Å². The normalized spacial score (nSPS) is 41.9. The molecule has 15 N–H and O–H groups in total. The minimum absolute atomic E-state index is 0.117. The molecule has 3 aliphatic heterocycles. The smallest absolute Gasteiger partial charge is 0.308 e. The third-order valence-electron chi connectivity index (χ3n) is 11.9. The summed E-state index contributed by atoms with van der Waals surface area (Å²) in [5, 5.41) is 130. The third-order valence-corrected chi connectivity index (χ3v) is 11.9. The Morgan fingerprint density at radius 2 is 1.31 bits per heavy atom. The quantitative estimate of drug-likeness (QED) is 0.134. The number of carbonyl (C=O) groups excluding carboxylic acids is 2. The van der Waals surface area contributed by atoms with E-state index in [9.17, 15) is 70.9 Å². The third kappa shape index (κ3) is 20.8. The first kappa shape index (κ1) is 58.8. The number of fused-ring (bicyclic) bond motifs is 2. The standard InChI is InChI=1S/C48H76N2O18/c1-29-15-13-11-9-7-5-3-4-6-8-10-12-14-16-35(67-47-45(62)44(49)40(60)28-65-47)23-41-43(46(63)50-31(26-51)27-52)39(59)25-48(64,68-41)24-34(55)21-38(58)36(56)18-17-32(53)20-33(54)22-42(61)66-30(2)19-37(29)57/h3-16,29-41,43-45,47,51-60,62,64H,17-28,49H2,1-2H3,(H,50,63)/b4-3+,7-5+,8-6+,11-9+,12-10+,15-13+,16-14+/t29-,30-,32?,33?,34?,35?,36+,37-,38?,39-,40+,41-,43+,44-,45-,47-,48?/m0/s1. The highest BCUT2D eigenvalue weighted by molar-refractivity contribution is 5.80. The minimum atomic E-state index is -2.35. The Labute approximate surface area is 397 Å². The Hall–Kier alpha value is -3.52. The molecule has 0 saturated carbocycles. The highest BCUT2D eigenvalue weighted by Gasteiger charge is 2.51. The fourth-order valence-electron chi connectivity index (χ4n) is 7.96. The van der Waals surface area contributed by atoms with Crippen molar-refractivity contribution < 1.29 is 89.8 Å². The lowest BCUT2D eigenvalue weighted by molar-refractivity contribution is -0.304. The lowest BCUT2D eigenvalue weighted by atomic mass is 9.82. The van der Waals surface area contributed by atoms with E-state index in [0.717, 1.165) is 0 Å². The second kappa shape index (κ2) is 30.3. The summed E-state index contributed by atoms with van der Waals surface area (Å²) in [6.45, 7) is 1.86. The predicted molar refractivity (Wildman–Crippen MR) is 246 cm³/mol. The molecule has 0 aromatic heterocycles. The van der Waals surface area contributed by atoms with Crippen LogP contribution in [0.15, 0.2) is 85.1 Å². The number of hydrogen-bond donors (Lipinski definition) is 14. The number of allylic oxidation sites excluding steroid dienone is 12. The van der Waals surface area contributed by atoms with E-state index in [1.165, 1.54) is 6.08 Å². The predicted octanol–water partition coefficient (Wildman–Crippen LogP) is -1.54. The maximum absolute atomic E-state index is 13.6. The van der Waals surface area contributed by atoms with Gasteiger partial charge in [-0.3, -0.25) is 9.59 Å². The molecule has 0 radical (unpaired) electrons. The molecule has 20 heteroatoms. The Morgan fingerprint density at radius 3 is 1.91 bits per heavy atom. The molecule has 68 heavy (non-hydrogen) atoms. The Morgan fingerprint density at radius 1 is 0.721 bits per heavy atom. The number of carbonyl (C=O) groups is 2. The van der Waals surface area contributed by atoms with Gasteiger partial charge in [0.25, 0.3) is 0 Å². The SMILES string of the molecule is C[C@H]1C[C@H](O)[C@@H](C)/C=C/C=C/C=C/C=C/C=C/C=C/C=C/C(O[C@@H]2OC[C@@H](O)[C@H](N)[C@@H]2O)C[C@@H]2OC(O)(CC(O)CC(O)[C@H](O)CCC(O)CC(O)CC(=O)O1)C[C@H](O)[C@H]2C(=O)NC(CO)CO. The monoisotopic (exact) mass is 969 g/mol. The first-order valence-electron chi connectivity index (χ1n) is 23.2. The molecule has 386 valence electrons. The van der Waals surface area contributed by atoms with Crippen LogP contribution in [0, 0.1) is 11.8 Å². The molecule has 0 aromatic carbocycles. The lowest BCUT2D eigenvalue weighted by Gasteiger charge is -2.46. The van der Waals surface area contributed by atoms with Crippen LogP contribution in [0.25, 0.3) is 0 Å². The van der Waals surface area contributed by atoms with Crippen molar-refractivity contribution in [1.29, 1.82) is 0 Å². The zero-order chi connectivity index (χ0) is 50.4. The van der Waals surface area contributed by atoms with Gasteiger partial charge in [0.15, 0.2) is 12.1 Å². The average Bonchev–Trinajstić information content (AvgIpc) is 3.26. The molecule has 6 unspecified atom stereocenters. The van der Waals surface area contributed by atoms with E-state index in [4.69, 9.17) is 24.7 Å². The first-order chi connectivity index (χ1) is 32.2. The molecule has 0 aromatic rings. The number of aliphatic hydroxyl groups is 12. The molecule has 17 atom stereocenters. The summed E-state index contributed by atoms with van der Waals surface area (Å²) < 4.78 is 23.1. The van der Waals surface area contributed by atoms with Gasteiger partial charge >= 0.3 is 5.97 Å². The van der Waals surface area contributed by atoms with Crippen molar-refractivity contribution in [2.24, 2.45) is 17.6 Å². The van der Waals surface area contributed by atoms with Gasteiger partial charge in [-0.1, -0.05) is 92.0 Å². The summed E-state index contributed by atoms with van der Waals surface area (Å²) in [7, 11) is 0. The summed E-state index contributed by atoms with van der Waals surface area (Å²) in [6, 6.07) is -2.26. The number of rotatable bonds is 6. The van der Waals surface area contributed by atoms with Gasteiger partial charge in [0, 0.05) is 38.0 Å². The fourth-order valence-corrected chi connectivity index (χ4v) is 7.96. The highest BCUT2D eigenvalue weighted by Crippen LogP contribution is 2.38. The molecule has 2 saturated heterocycles. The van der Waals surface area contributed by atoms with Gasteiger partial charge < -0.3 is 91.3 Å². The number of hydrogen-bond acceptors (Lipinski definition) is 19. The summed E-state index contributed by atoms with van der Waals surface area (Å²) in [5.74, 6) is -5.68. The van der Waals surface area contributed by atoms with Gasteiger partial charge in [0.05, 0.1) is 105 Å². The van der Waals surface area contributed by atoms with E-state index in [2.05, 4.69) is 5.32 Å². The molecule has 3 heterocycles. The summed E-state index contributed by atoms with van der Waals surface area (Å²) in [5.41, 5.74) is 5.98. The minimum Gasteiger partial charge on any atom is -0.462 e. The van der Waals surface area contributed by atoms with Gasteiger partial charge in [-0.2, -0.15) is 0 Å². The van der Waals surface area contributed by atoms with E-state index in [-0.39, 0.29) is 44.6 Å². The molecule has 0 spiro atoms. The summed E-state index contributed by atoms with van der Waals surface area (Å²) >= 11 is 0. The Bertz CT molecular complexity index is 1700. The number of ether oxygens (including phenoxy) is 4. The summed E-state index contributed by atoms with van der Waals surface area (Å²) in [4.78, 5) is 26.2. The van der Waals surface area contributed by atoms with Crippen molar-refractivity contribution in [2.45, 2.75) is 169 Å². The topological polar surface area (TPSA) is 352 Å². The molecule has 2 bridgehead atoms. The Kier molecular flexibility index (Phi) is 26.2. The number of nitrogens with two attached hydrogens (primary N) is 1. The van der Waals surface area contributed by atoms with Crippen molar-refractivity contribution in [3.8, 4) is 0 Å². The lowest BCUT2D eigenvalue weighted by Crippen LogP contribution is -2.60. The molecule has 1 amide bonds. The van der Waals surface area contributed by atoms with Gasteiger partial charge in [-0.05, 0) is 26.2 Å². The molecule has 3 rings (SSSR count). The highest BCUT2D eigenvalue weighted by atomic mass is 16.7. The van der Waals surface area contributed by atoms with E-state index >= 15 is 0 Å². The van der Waals surface area contributed by atoms with Gasteiger partial charge in [0.1, 0.15) is 12.2 Å². The van der Waals surface area contributed by atoms with Crippen LogP contribution in [0.4, 0.5) is 0 Å². The van der Waals surface area contributed by atoms with Crippen molar-refractivity contribution in [2.75, 3.05) is 19.8 Å². The van der Waals surface area contributed by atoms with Crippen LogP contribution in [0.1, 0.15) is 71.6 Å². The second-order valence-electron chi connectivity index (χ2n) is 17.9. The van der Waals surface area contributed by atoms with Crippen LogP contribution in [-0.2, 0) is 28.5 Å². The molecule has 0 aliphatic carbocycles. The number of esters is 1. The molecule has 2 fully saturated rings. The zero-order valence-corrected chi connectivity index (χ0v) is 38.8. The van der Waals surface area contributed by atoms with Crippen LogP contribution >= 0.6 is 0 Å². The van der Waals surface area contributed by atoms with E-state index < -0.39 is 154 Å². The number of amides is 1. The number of aliphatic hydroxyl groups excluding tert-OH is 11. The average molecular weight is 969 g/mol. The number of nitrogens with one attached hydrogen (secondary N) is 1. The van der Waals surface area contributed by atoms with Gasteiger partial charge in [0.2, 0.25) is 5.91 Å². The van der Waals surface area contributed by atoms with E-state index in [1.807, 2.05) is 6.92 Å². The molecule has 3 aliphatic rings. The molecule has 20 nitrogen and oxygen atoms in total. The Balaban J connectivity index is 1.91. The van der Waals surface area contributed by atoms with Crippen LogP contribution in [0.3, 0.4) is 0 Å². The second-order valence-corrected chi connectivity index (χ2v) is 17.9. The van der Waals surface area contributed by atoms with Gasteiger partial charge in [-0.15, -0.1) is 0 Å².